The molecule has 20 heavy (non-hydrogen) atoms. The molecule has 0 aromatic carbocycles. The van der Waals surface area contributed by atoms with Crippen LogP contribution in [0.25, 0.3) is 0 Å². The Morgan fingerprint density at radius 2 is 2.40 bits per heavy atom. The van der Waals surface area contributed by atoms with E-state index < -0.39 is 0 Å². The number of nitrogens with zero attached hydrogens (tertiary/aromatic N) is 2. The minimum absolute atomic E-state index is 0.549. The van der Waals surface area contributed by atoms with Crippen LogP contribution in [-0.2, 0) is 17.8 Å². The van der Waals surface area contributed by atoms with Gasteiger partial charge >= 0.3 is 0 Å². The quantitative estimate of drug-likeness (QED) is 0.839. The minimum atomic E-state index is 0.549. The second-order valence-corrected chi connectivity index (χ2v) is 6.81. The molecule has 1 aliphatic heterocycles. The van der Waals surface area contributed by atoms with Crippen LogP contribution in [0.5, 0.6) is 0 Å². The van der Waals surface area contributed by atoms with Gasteiger partial charge in [0.1, 0.15) is 5.01 Å². The van der Waals surface area contributed by atoms with Crippen molar-refractivity contribution in [1.29, 1.82) is 0 Å². The Morgan fingerprint density at radius 1 is 1.55 bits per heavy atom. The number of nitrogens with one attached hydrogen (secondary N) is 1. The van der Waals surface area contributed by atoms with Crippen molar-refractivity contribution in [3.63, 3.8) is 0 Å². The van der Waals surface area contributed by atoms with Crippen LogP contribution >= 0.6 is 11.3 Å². The minimum Gasteiger partial charge on any atom is -0.378 e. The van der Waals surface area contributed by atoms with Gasteiger partial charge in [0.2, 0.25) is 0 Å². The van der Waals surface area contributed by atoms with Gasteiger partial charge in [-0.05, 0) is 18.9 Å². The topological polar surface area (TPSA) is 37.4 Å². The van der Waals surface area contributed by atoms with E-state index in [9.17, 15) is 0 Å². The number of aromatic nitrogens is 1. The van der Waals surface area contributed by atoms with E-state index in [-0.39, 0.29) is 0 Å². The number of ether oxygens (including phenoxy) is 1. The first-order chi connectivity index (χ1) is 9.69. The SMILES string of the molecule is CCC1COCCN1Cc1csc(CNCC(C)C)n1. The Morgan fingerprint density at radius 3 is 3.15 bits per heavy atom. The zero-order valence-corrected chi connectivity index (χ0v) is 13.7. The van der Waals surface area contributed by atoms with Crippen LogP contribution in [0.1, 0.15) is 37.9 Å². The summed E-state index contributed by atoms with van der Waals surface area (Å²) in [5.41, 5.74) is 1.21. The molecular weight excluding hydrogens is 270 g/mol. The molecule has 0 spiro atoms. The molecule has 0 saturated carbocycles. The molecule has 0 aliphatic carbocycles. The summed E-state index contributed by atoms with van der Waals surface area (Å²) in [5.74, 6) is 0.688. The van der Waals surface area contributed by atoms with Gasteiger partial charge in [-0.2, -0.15) is 0 Å². The fourth-order valence-corrected chi connectivity index (χ4v) is 3.21. The zero-order valence-electron chi connectivity index (χ0n) is 12.9. The molecule has 0 amide bonds. The normalized spacial score (nSPS) is 20.7. The first-order valence-electron chi connectivity index (χ1n) is 7.64. The summed E-state index contributed by atoms with van der Waals surface area (Å²) >= 11 is 1.77. The van der Waals surface area contributed by atoms with E-state index in [0.29, 0.717) is 12.0 Å². The summed E-state index contributed by atoms with van der Waals surface area (Å²) in [5, 5.41) is 6.85. The molecule has 0 bridgehead atoms. The lowest BCUT2D eigenvalue weighted by molar-refractivity contribution is -0.0132. The average molecular weight is 297 g/mol. The fraction of sp³-hybridized carbons (Fsp3) is 0.800. The maximum atomic E-state index is 5.55. The van der Waals surface area contributed by atoms with Gasteiger partial charge in [0.15, 0.2) is 0 Å². The number of morpholine rings is 1. The molecule has 5 heteroatoms. The third kappa shape index (κ3) is 4.81. The fourth-order valence-electron chi connectivity index (χ4n) is 2.45. The van der Waals surface area contributed by atoms with Crippen LogP contribution in [0.3, 0.4) is 0 Å². The van der Waals surface area contributed by atoms with Crippen LogP contribution in [0.4, 0.5) is 0 Å². The second-order valence-electron chi connectivity index (χ2n) is 5.86. The molecule has 1 aromatic rings. The summed E-state index contributed by atoms with van der Waals surface area (Å²) in [4.78, 5) is 7.25. The molecule has 114 valence electrons. The van der Waals surface area contributed by atoms with E-state index >= 15 is 0 Å². The van der Waals surface area contributed by atoms with Gasteiger partial charge in [-0.3, -0.25) is 4.90 Å². The number of hydrogen-bond donors (Lipinski definition) is 1. The van der Waals surface area contributed by atoms with Crippen LogP contribution in [-0.4, -0.2) is 42.2 Å². The van der Waals surface area contributed by atoms with Crippen molar-refractivity contribution < 1.29 is 4.74 Å². The molecule has 1 unspecified atom stereocenters. The molecule has 2 rings (SSSR count). The largest absolute Gasteiger partial charge is 0.378 e. The standard InChI is InChI=1S/C15H27N3OS/c1-4-14-10-19-6-5-18(14)9-13-11-20-15(17-13)8-16-7-12(2)3/h11-12,14,16H,4-10H2,1-3H3. The molecule has 1 aliphatic rings. The molecular formula is C15H27N3OS. The number of rotatable bonds is 7. The Hall–Kier alpha value is -0.490. The monoisotopic (exact) mass is 297 g/mol. The predicted molar refractivity (Wildman–Crippen MR) is 84.0 cm³/mol. The highest BCUT2D eigenvalue weighted by atomic mass is 32.1. The van der Waals surface area contributed by atoms with Crippen molar-refractivity contribution in [3.8, 4) is 0 Å². The third-order valence-electron chi connectivity index (χ3n) is 3.61. The van der Waals surface area contributed by atoms with Crippen molar-refractivity contribution in [2.24, 2.45) is 5.92 Å². The Labute approximate surface area is 126 Å². The summed E-state index contributed by atoms with van der Waals surface area (Å²) in [6.07, 6.45) is 1.15. The lowest BCUT2D eigenvalue weighted by atomic mass is 10.1. The molecule has 1 atom stereocenters. The van der Waals surface area contributed by atoms with Gasteiger partial charge in [-0.25, -0.2) is 4.98 Å². The second kappa shape index (κ2) is 8.08. The highest BCUT2D eigenvalue weighted by Gasteiger charge is 2.22. The first-order valence-corrected chi connectivity index (χ1v) is 8.52. The molecule has 2 heterocycles. The summed E-state index contributed by atoms with van der Waals surface area (Å²) in [6, 6.07) is 0.549. The Kier molecular flexibility index (Phi) is 6.42. The van der Waals surface area contributed by atoms with Gasteiger partial charge in [-0.15, -0.1) is 11.3 Å². The summed E-state index contributed by atoms with van der Waals surface area (Å²) in [7, 11) is 0. The highest BCUT2D eigenvalue weighted by molar-refractivity contribution is 7.09. The van der Waals surface area contributed by atoms with Crippen LogP contribution < -0.4 is 5.32 Å². The average Bonchev–Trinajstić information content (AvgIpc) is 2.86. The van der Waals surface area contributed by atoms with Gasteiger partial charge in [0.25, 0.3) is 0 Å². The van der Waals surface area contributed by atoms with E-state index in [4.69, 9.17) is 9.72 Å². The Bertz CT molecular complexity index is 394. The highest BCUT2D eigenvalue weighted by Crippen LogP contribution is 2.16. The van der Waals surface area contributed by atoms with Gasteiger partial charge in [0, 0.05) is 31.1 Å². The van der Waals surface area contributed by atoms with E-state index in [1.807, 2.05) is 0 Å². The predicted octanol–water partition coefficient (Wildman–Crippen LogP) is 2.50. The maximum absolute atomic E-state index is 5.55. The van der Waals surface area contributed by atoms with Crippen LogP contribution in [0, 0.1) is 5.92 Å². The van der Waals surface area contributed by atoms with Crippen molar-refractivity contribution >= 4 is 11.3 Å². The van der Waals surface area contributed by atoms with E-state index in [1.165, 1.54) is 10.7 Å². The molecule has 1 N–H and O–H groups in total. The summed E-state index contributed by atoms with van der Waals surface area (Å²) in [6.45, 7) is 12.3. The number of thiazole rings is 1. The molecule has 4 nitrogen and oxygen atoms in total. The summed E-state index contributed by atoms with van der Waals surface area (Å²) < 4.78 is 5.55. The molecule has 1 aromatic heterocycles. The first kappa shape index (κ1) is 15.9. The van der Waals surface area contributed by atoms with Gasteiger partial charge in [0.05, 0.1) is 18.9 Å². The van der Waals surface area contributed by atoms with Crippen molar-refractivity contribution in [1.82, 2.24) is 15.2 Å². The number of hydrogen-bond acceptors (Lipinski definition) is 5. The molecule has 0 radical (unpaired) electrons. The zero-order chi connectivity index (χ0) is 14.4. The van der Waals surface area contributed by atoms with Crippen molar-refractivity contribution in [2.75, 3.05) is 26.3 Å². The maximum Gasteiger partial charge on any atom is 0.107 e. The van der Waals surface area contributed by atoms with Crippen molar-refractivity contribution in [3.05, 3.63) is 16.1 Å². The molecule has 1 fully saturated rings. The van der Waals surface area contributed by atoms with Crippen molar-refractivity contribution in [2.45, 2.75) is 46.3 Å². The lowest BCUT2D eigenvalue weighted by Crippen LogP contribution is -2.44. The van der Waals surface area contributed by atoms with Crippen LogP contribution in [0.2, 0.25) is 0 Å². The smallest absolute Gasteiger partial charge is 0.107 e. The van der Waals surface area contributed by atoms with Crippen LogP contribution in [0.15, 0.2) is 5.38 Å². The Balaban J connectivity index is 1.82. The van der Waals surface area contributed by atoms with E-state index in [0.717, 1.165) is 45.8 Å². The van der Waals surface area contributed by atoms with Gasteiger partial charge < -0.3 is 10.1 Å². The van der Waals surface area contributed by atoms with Gasteiger partial charge in [-0.1, -0.05) is 20.8 Å². The molecule has 1 saturated heterocycles. The third-order valence-corrected chi connectivity index (χ3v) is 4.51. The van der Waals surface area contributed by atoms with E-state index in [2.05, 4.69) is 36.4 Å². The van der Waals surface area contributed by atoms with E-state index in [1.54, 1.807) is 11.3 Å². The lowest BCUT2D eigenvalue weighted by Gasteiger charge is -2.34.